The first-order valence-corrected chi connectivity index (χ1v) is 9.23. The van der Waals surface area contributed by atoms with Crippen LogP contribution in [0.15, 0.2) is 54.6 Å². The van der Waals surface area contributed by atoms with E-state index in [1.54, 1.807) is 43.3 Å². The highest BCUT2D eigenvalue weighted by molar-refractivity contribution is 6.03. The quantitative estimate of drug-likeness (QED) is 0.611. The van der Waals surface area contributed by atoms with Gasteiger partial charge >= 0.3 is 5.97 Å². The molecule has 0 fully saturated rings. The van der Waals surface area contributed by atoms with Gasteiger partial charge in [0.1, 0.15) is 0 Å². The van der Waals surface area contributed by atoms with Gasteiger partial charge in [0.05, 0.1) is 12.2 Å². The maximum Gasteiger partial charge on any atom is 0.338 e. The number of carbonyl (C=O) groups is 2. The van der Waals surface area contributed by atoms with Crippen molar-refractivity contribution in [3.05, 3.63) is 77.0 Å². The maximum atomic E-state index is 12.5. The fourth-order valence-electron chi connectivity index (χ4n) is 2.76. The van der Waals surface area contributed by atoms with Crippen LogP contribution in [-0.2, 0) is 4.74 Å². The van der Waals surface area contributed by atoms with Gasteiger partial charge in [0.2, 0.25) is 0 Å². The Morgan fingerprint density at radius 3 is 2.21 bits per heavy atom. The third kappa shape index (κ3) is 4.95. The van der Waals surface area contributed by atoms with E-state index in [0.29, 0.717) is 18.0 Å². The lowest BCUT2D eigenvalue weighted by atomic mass is 10.1. The van der Waals surface area contributed by atoms with Crippen molar-refractivity contribution in [3.63, 3.8) is 0 Å². The number of nitrogens with zero attached hydrogens (tertiary/aromatic N) is 2. The number of amides is 1. The molecule has 0 aliphatic carbocycles. The van der Waals surface area contributed by atoms with Crippen LogP contribution in [0.25, 0.3) is 0 Å². The van der Waals surface area contributed by atoms with Crippen molar-refractivity contribution in [2.45, 2.75) is 20.8 Å². The average Bonchev–Trinajstić information content (AvgIpc) is 2.72. The summed E-state index contributed by atoms with van der Waals surface area (Å²) in [6.07, 6.45) is 0. The van der Waals surface area contributed by atoms with E-state index < -0.39 is 0 Å². The molecular formula is C22H22N4O3. The Morgan fingerprint density at radius 1 is 0.931 bits per heavy atom. The number of hydrogen-bond donors (Lipinski definition) is 2. The molecule has 148 valence electrons. The topological polar surface area (TPSA) is 93.2 Å². The van der Waals surface area contributed by atoms with Crippen molar-refractivity contribution in [2.75, 3.05) is 17.2 Å². The number of benzene rings is 2. The Hall–Kier alpha value is -3.74. The molecule has 0 bridgehead atoms. The number of esters is 1. The number of aromatic nitrogens is 2. The van der Waals surface area contributed by atoms with Crippen molar-refractivity contribution in [3.8, 4) is 0 Å². The number of hydrogen-bond acceptors (Lipinski definition) is 6. The molecule has 0 saturated carbocycles. The summed E-state index contributed by atoms with van der Waals surface area (Å²) in [5, 5.41) is 14.0. The summed E-state index contributed by atoms with van der Waals surface area (Å²) in [5.41, 5.74) is 4.17. The number of carbonyl (C=O) groups excluding carboxylic acids is 2. The highest BCUT2D eigenvalue weighted by atomic mass is 16.5. The second-order valence-corrected chi connectivity index (χ2v) is 6.45. The zero-order valence-corrected chi connectivity index (χ0v) is 16.5. The first kappa shape index (κ1) is 20.0. The first-order valence-electron chi connectivity index (χ1n) is 9.23. The Morgan fingerprint density at radius 2 is 1.62 bits per heavy atom. The van der Waals surface area contributed by atoms with Crippen molar-refractivity contribution in [1.29, 1.82) is 0 Å². The van der Waals surface area contributed by atoms with Gasteiger partial charge < -0.3 is 15.4 Å². The monoisotopic (exact) mass is 390 g/mol. The Kier molecular flexibility index (Phi) is 6.19. The van der Waals surface area contributed by atoms with E-state index in [1.807, 2.05) is 32.0 Å². The number of aryl methyl sites for hydroxylation is 2. The molecule has 3 aromatic rings. The zero-order valence-electron chi connectivity index (χ0n) is 16.5. The van der Waals surface area contributed by atoms with Crippen LogP contribution in [0.1, 0.15) is 38.9 Å². The summed E-state index contributed by atoms with van der Waals surface area (Å²) in [6, 6.07) is 15.9. The number of nitrogens with one attached hydrogen (secondary N) is 2. The first-order chi connectivity index (χ1) is 14.0. The van der Waals surface area contributed by atoms with E-state index in [-0.39, 0.29) is 17.6 Å². The Balaban J connectivity index is 1.65. The fourth-order valence-corrected chi connectivity index (χ4v) is 2.76. The molecule has 0 spiro atoms. The minimum Gasteiger partial charge on any atom is -0.462 e. The van der Waals surface area contributed by atoms with Crippen LogP contribution in [-0.4, -0.2) is 28.7 Å². The summed E-state index contributed by atoms with van der Waals surface area (Å²) in [5.74, 6) is -0.198. The van der Waals surface area contributed by atoms with Crippen LogP contribution < -0.4 is 10.6 Å². The third-order valence-electron chi connectivity index (χ3n) is 4.29. The van der Waals surface area contributed by atoms with E-state index in [1.165, 1.54) is 0 Å². The summed E-state index contributed by atoms with van der Waals surface area (Å²) >= 11 is 0. The minimum atomic E-state index is -0.363. The smallest absolute Gasteiger partial charge is 0.338 e. The minimum absolute atomic E-state index is 0.218. The van der Waals surface area contributed by atoms with Gasteiger partial charge in [0.15, 0.2) is 11.5 Å². The lowest BCUT2D eigenvalue weighted by molar-refractivity contribution is 0.0526. The van der Waals surface area contributed by atoms with Gasteiger partial charge in [-0.05, 0) is 68.3 Å². The van der Waals surface area contributed by atoms with Gasteiger partial charge in [-0.1, -0.05) is 18.2 Å². The molecule has 3 rings (SSSR count). The molecule has 0 saturated heterocycles. The SMILES string of the molecule is CCOC(=O)c1ccc(Nc2ccc(C(=O)Nc3c(C)cccc3C)nn2)cc1. The number of para-hydroxylation sites is 1. The molecule has 0 aliphatic rings. The number of anilines is 3. The third-order valence-corrected chi connectivity index (χ3v) is 4.29. The lowest BCUT2D eigenvalue weighted by Crippen LogP contribution is -2.16. The van der Waals surface area contributed by atoms with Crippen LogP contribution in [0.4, 0.5) is 17.2 Å². The Labute approximate surface area is 169 Å². The second kappa shape index (κ2) is 8.97. The highest BCUT2D eigenvalue weighted by Gasteiger charge is 2.12. The molecule has 0 unspecified atom stereocenters. The molecule has 2 N–H and O–H groups in total. The number of ether oxygens (including phenoxy) is 1. The fraction of sp³-hybridized carbons (Fsp3) is 0.182. The predicted molar refractivity (Wildman–Crippen MR) is 112 cm³/mol. The summed E-state index contributed by atoms with van der Waals surface area (Å²) in [4.78, 5) is 24.2. The van der Waals surface area contributed by atoms with Crippen molar-refractivity contribution >= 4 is 29.1 Å². The van der Waals surface area contributed by atoms with E-state index in [9.17, 15) is 9.59 Å². The van der Waals surface area contributed by atoms with Crippen LogP contribution in [0, 0.1) is 13.8 Å². The number of rotatable bonds is 6. The molecule has 1 heterocycles. The van der Waals surface area contributed by atoms with Gasteiger partial charge in [0, 0.05) is 11.4 Å². The summed E-state index contributed by atoms with van der Waals surface area (Å²) in [7, 11) is 0. The standard InChI is InChI=1S/C22H22N4O3/c1-4-29-22(28)16-8-10-17(11-9-16)23-19-13-12-18(25-26-19)21(27)24-20-14(2)6-5-7-15(20)3/h5-13H,4H2,1-3H3,(H,23,26)(H,24,27). The molecule has 0 atom stereocenters. The van der Waals surface area contributed by atoms with E-state index in [0.717, 1.165) is 22.5 Å². The average molecular weight is 390 g/mol. The molecule has 2 aromatic carbocycles. The second-order valence-electron chi connectivity index (χ2n) is 6.45. The van der Waals surface area contributed by atoms with Crippen LogP contribution in [0.3, 0.4) is 0 Å². The Bertz CT molecular complexity index is 995. The van der Waals surface area contributed by atoms with Gasteiger partial charge in [-0.25, -0.2) is 4.79 Å². The lowest BCUT2D eigenvalue weighted by Gasteiger charge is -2.11. The van der Waals surface area contributed by atoms with Gasteiger partial charge in [-0.3, -0.25) is 4.79 Å². The summed E-state index contributed by atoms with van der Waals surface area (Å²) in [6.45, 7) is 5.97. The molecule has 7 nitrogen and oxygen atoms in total. The van der Waals surface area contributed by atoms with Crippen LogP contribution in [0.2, 0.25) is 0 Å². The van der Waals surface area contributed by atoms with Gasteiger partial charge in [-0.2, -0.15) is 0 Å². The largest absolute Gasteiger partial charge is 0.462 e. The van der Waals surface area contributed by atoms with Gasteiger partial charge in [0.25, 0.3) is 5.91 Å². The molecule has 7 heteroatoms. The molecule has 1 amide bonds. The normalized spacial score (nSPS) is 10.3. The highest BCUT2D eigenvalue weighted by Crippen LogP contribution is 2.20. The van der Waals surface area contributed by atoms with Crippen molar-refractivity contribution in [2.24, 2.45) is 0 Å². The van der Waals surface area contributed by atoms with Crippen molar-refractivity contribution in [1.82, 2.24) is 10.2 Å². The van der Waals surface area contributed by atoms with Crippen LogP contribution >= 0.6 is 0 Å². The zero-order chi connectivity index (χ0) is 20.8. The molecule has 1 aromatic heterocycles. The predicted octanol–water partition coefficient (Wildman–Crippen LogP) is 4.27. The van der Waals surface area contributed by atoms with Crippen LogP contribution in [0.5, 0.6) is 0 Å². The van der Waals surface area contributed by atoms with E-state index >= 15 is 0 Å². The summed E-state index contributed by atoms with van der Waals surface area (Å²) < 4.78 is 4.96. The molecule has 0 radical (unpaired) electrons. The van der Waals surface area contributed by atoms with Crippen molar-refractivity contribution < 1.29 is 14.3 Å². The van der Waals surface area contributed by atoms with E-state index in [2.05, 4.69) is 20.8 Å². The van der Waals surface area contributed by atoms with E-state index in [4.69, 9.17) is 4.74 Å². The molecular weight excluding hydrogens is 368 g/mol. The molecule has 0 aliphatic heterocycles. The molecule has 29 heavy (non-hydrogen) atoms. The van der Waals surface area contributed by atoms with Gasteiger partial charge in [-0.15, -0.1) is 10.2 Å². The maximum absolute atomic E-state index is 12.5.